The molecule has 0 bridgehead atoms. The van der Waals surface area contributed by atoms with Gasteiger partial charge in [0.25, 0.3) is 0 Å². The van der Waals surface area contributed by atoms with Gasteiger partial charge in [-0.15, -0.1) is 0 Å². The third-order valence-corrected chi connectivity index (χ3v) is 7.97. The molecule has 0 aromatic heterocycles. The molecule has 1 saturated carbocycles. The number of rotatable bonds is 6. The van der Waals surface area contributed by atoms with Gasteiger partial charge in [0.1, 0.15) is 0 Å². The fourth-order valence-electron chi connectivity index (χ4n) is 6.31. The van der Waals surface area contributed by atoms with Gasteiger partial charge in [-0.25, -0.2) is 0 Å². The van der Waals surface area contributed by atoms with Crippen LogP contribution >= 0.6 is 0 Å². The summed E-state index contributed by atoms with van der Waals surface area (Å²) < 4.78 is 5.45. The second-order valence-electron chi connectivity index (χ2n) is 9.64. The molecular formula is C24H35N3O2. The molecule has 2 aliphatic heterocycles. The third-order valence-electron chi connectivity index (χ3n) is 7.97. The summed E-state index contributed by atoms with van der Waals surface area (Å²) in [5, 5.41) is 3.87. The van der Waals surface area contributed by atoms with Gasteiger partial charge in [0.15, 0.2) is 0 Å². The highest BCUT2D eigenvalue weighted by Crippen LogP contribution is 2.45. The van der Waals surface area contributed by atoms with E-state index in [0.29, 0.717) is 35.7 Å². The highest BCUT2D eigenvalue weighted by molar-refractivity contribution is 5.79. The van der Waals surface area contributed by atoms with Crippen LogP contribution in [0.2, 0.25) is 0 Å². The molecule has 29 heavy (non-hydrogen) atoms. The summed E-state index contributed by atoms with van der Waals surface area (Å²) >= 11 is 0. The molecule has 1 amide bonds. The molecule has 158 valence electrons. The van der Waals surface area contributed by atoms with Crippen molar-refractivity contribution >= 4 is 5.91 Å². The van der Waals surface area contributed by atoms with Crippen LogP contribution < -0.4 is 5.32 Å². The lowest BCUT2D eigenvalue weighted by Crippen LogP contribution is -2.44. The Morgan fingerprint density at radius 1 is 1.07 bits per heavy atom. The maximum Gasteiger partial charge on any atom is 0.223 e. The van der Waals surface area contributed by atoms with E-state index in [1.807, 2.05) is 0 Å². The number of fused-ring (bicyclic) bond motifs is 2. The molecule has 5 rings (SSSR count). The Kier molecular flexibility index (Phi) is 5.63. The number of nitrogens with zero attached hydrogens (tertiary/aromatic N) is 2. The lowest BCUT2D eigenvalue weighted by atomic mass is 9.88. The Labute approximate surface area is 174 Å². The summed E-state index contributed by atoms with van der Waals surface area (Å²) in [6, 6.07) is 9.88. The first-order chi connectivity index (χ1) is 14.2. The Hall–Kier alpha value is -1.43. The minimum atomic E-state index is 0.387. The molecule has 2 aliphatic carbocycles. The van der Waals surface area contributed by atoms with Crippen LogP contribution in [0.3, 0.4) is 0 Å². The summed E-state index contributed by atoms with van der Waals surface area (Å²) in [4.78, 5) is 17.5. The van der Waals surface area contributed by atoms with Crippen molar-refractivity contribution in [3.8, 4) is 0 Å². The van der Waals surface area contributed by atoms with Crippen molar-refractivity contribution in [1.82, 2.24) is 15.1 Å². The monoisotopic (exact) mass is 397 g/mol. The second-order valence-corrected chi connectivity index (χ2v) is 9.64. The maximum absolute atomic E-state index is 12.8. The van der Waals surface area contributed by atoms with Crippen molar-refractivity contribution in [2.24, 2.45) is 17.8 Å². The standard InChI is InChI=1S/C24H35N3O2/c1-17-12-23-21(15-24(28)27(23)7-6-26-8-10-29-11-9-26)22(17)16-25-20-13-18-4-2-3-5-19(18)14-20/h2-5,17,20-23,25H,6-16H2,1H3/t17-,21-,22+,23+/m0/s1. The molecule has 0 spiro atoms. The van der Waals surface area contributed by atoms with Gasteiger partial charge in [0, 0.05) is 44.7 Å². The predicted molar refractivity (Wildman–Crippen MR) is 114 cm³/mol. The SMILES string of the molecule is C[C@H]1C[C@@H]2[C@@H](CC(=O)N2CCN2CCOCC2)[C@@H]1CNC1Cc2ccccc2C1. The van der Waals surface area contributed by atoms with E-state index in [4.69, 9.17) is 4.74 Å². The van der Waals surface area contributed by atoms with Crippen LogP contribution in [0.5, 0.6) is 0 Å². The number of hydrogen-bond acceptors (Lipinski definition) is 4. The van der Waals surface area contributed by atoms with Crippen LogP contribution in [0, 0.1) is 17.8 Å². The predicted octanol–water partition coefficient (Wildman–Crippen LogP) is 1.95. The maximum atomic E-state index is 12.8. The summed E-state index contributed by atoms with van der Waals surface area (Å²) in [7, 11) is 0. The fraction of sp³-hybridized carbons (Fsp3) is 0.708. The molecule has 4 aliphatic rings. The van der Waals surface area contributed by atoms with Crippen LogP contribution in [-0.2, 0) is 22.4 Å². The first kappa shape index (κ1) is 19.5. The number of ether oxygens (including phenoxy) is 1. The average molecular weight is 398 g/mol. The van der Waals surface area contributed by atoms with Gasteiger partial charge in [-0.2, -0.15) is 0 Å². The quantitative estimate of drug-likeness (QED) is 0.797. The van der Waals surface area contributed by atoms with Gasteiger partial charge in [-0.1, -0.05) is 31.2 Å². The van der Waals surface area contributed by atoms with Crippen molar-refractivity contribution in [3.05, 3.63) is 35.4 Å². The average Bonchev–Trinajstić information content (AvgIpc) is 3.37. The van der Waals surface area contributed by atoms with Crippen LogP contribution in [0.1, 0.15) is 30.9 Å². The van der Waals surface area contributed by atoms with E-state index in [1.165, 1.54) is 17.5 Å². The molecule has 5 nitrogen and oxygen atoms in total. The first-order valence-corrected chi connectivity index (χ1v) is 11.6. The number of nitrogens with one attached hydrogen (secondary N) is 1. The highest BCUT2D eigenvalue weighted by atomic mass is 16.5. The molecular weight excluding hydrogens is 362 g/mol. The Morgan fingerprint density at radius 3 is 2.52 bits per heavy atom. The second kappa shape index (κ2) is 8.37. The van der Waals surface area contributed by atoms with Crippen LogP contribution in [0.25, 0.3) is 0 Å². The first-order valence-electron chi connectivity index (χ1n) is 11.6. The number of benzene rings is 1. The normalized spacial score (nSPS) is 32.7. The Balaban J connectivity index is 1.15. The summed E-state index contributed by atoms with van der Waals surface area (Å²) in [5.41, 5.74) is 3.01. The molecule has 0 radical (unpaired) electrons. The molecule has 3 fully saturated rings. The van der Waals surface area contributed by atoms with Gasteiger partial charge in [-0.3, -0.25) is 9.69 Å². The number of carbonyl (C=O) groups excluding carboxylic acids is 1. The van der Waals surface area contributed by atoms with Crippen LogP contribution in [0.4, 0.5) is 0 Å². The van der Waals surface area contributed by atoms with Crippen molar-refractivity contribution in [3.63, 3.8) is 0 Å². The molecule has 1 aromatic rings. The highest BCUT2D eigenvalue weighted by Gasteiger charge is 2.50. The zero-order chi connectivity index (χ0) is 19.8. The molecule has 0 unspecified atom stereocenters. The topological polar surface area (TPSA) is 44.8 Å². The number of hydrogen-bond donors (Lipinski definition) is 1. The summed E-state index contributed by atoms with van der Waals surface area (Å²) in [6.07, 6.45) is 4.23. The van der Waals surface area contributed by atoms with Crippen molar-refractivity contribution in [2.45, 2.75) is 44.7 Å². The van der Waals surface area contributed by atoms with Gasteiger partial charge in [-0.05, 0) is 54.7 Å². The number of morpholine rings is 1. The molecule has 4 atom stereocenters. The number of likely N-dealkylation sites (tertiary alicyclic amines) is 1. The van der Waals surface area contributed by atoms with E-state index in [9.17, 15) is 4.79 Å². The van der Waals surface area contributed by atoms with E-state index in [1.54, 1.807) is 0 Å². The third kappa shape index (κ3) is 3.97. The van der Waals surface area contributed by atoms with Gasteiger partial charge < -0.3 is 15.0 Å². The number of amides is 1. The number of carbonyl (C=O) groups is 1. The zero-order valence-corrected chi connectivity index (χ0v) is 17.7. The van der Waals surface area contributed by atoms with Crippen LogP contribution in [-0.4, -0.2) is 73.7 Å². The van der Waals surface area contributed by atoms with E-state index in [-0.39, 0.29) is 0 Å². The largest absolute Gasteiger partial charge is 0.379 e. The lowest BCUT2D eigenvalue weighted by Gasteiger charge is -2.31. The van der Waals surface area contributed by atoms with Gasteiger partial charge >= 0.3 is 0 Å². The molecule has 2 heterocycles. The zero-order valence-electron chi connectivity index (χ0n) is 17.7. The summed E-state index contributed by atoms with van der Waals surface area (Å²) in [5.74, 6) is 2.25. The fourth-order valence-corrected chi connectivity index (χ4v) is 6.31. The molecule has 5 heteroatoms. The van der Waals surface area contributed by atoms with E-state index in [2.05, 4.69) is 46.3 Å². The minimum Gasteiger partial charge on any atom is -0.379 e. The molecule has 2 saturated heterocycles. The van der Waals surface area contributed by atoms with E-state index in [0.717, 1.165) is 65.2 Å². The van der Waals surface area contributed by atoms with Crippen molar-refractivity contribution in [2.75, 3.05) is 45.9 Å². The van der Waals surface area contributed by atoms with E-state index < -0.39 is 0 Å². The lowest BCUT2D eigenvalue weighted by molar-refractivity contribution is -0.129. The molecule has 1 N–H and O–H groups in total. The van der Waals surface area contributed by atoms with Crippen molar-refractivity contribution < 1.29 is 9.53 Å². The molecule has 1 aromatic carbocycles. The van der Waals surface area contributed by atoms with Crippen LogP contribution in [0.15, 0.2) is 24.3 Å². The Bertz CT molecular complexity index is 708. The van der Waals surface area contributed by atoms with Gasteiger partial charge in [0.2, 0.25) is 5.91 Å². The Morgan fingerprint density at radius 2 is 1.79 bits per heavy atom. The smallest absolute Gasteiger partial charge is 0.223 e. The van der Waals surface area contributed by atoms with Gasteiger partial charge in [0.05, 0.1) is 13.2 Å². The van der Waals surface area contributed by atoms with Crippen molar-refractivity contribution in [1.29, 1.82) is 0 Å². The van der Waals surface area contributed by atoms with E-state index >= 15 is 0 Å². The summed E-state index contributed by atoms with van der Waals surface area (Å²) in [6.45, 7) is 9.02. The minimum absolute atomic E-state index is 0.387.